The quantitative estimate of drug-likeness (QED) is 0.449. The van der Waals surface area contributed by atoms with Crippen LogP contribution in [0, 0.1) is 0 Å². The lowest BCUT2D eigenvalue weighted by molar-refractivity contribution is 0.0938. The average Bonchev–Trinajstić information content (AvgIpc) is 3.27. The average molecular weight is 415 g/mol. The van der Waals surface area contributed by atoms with Gasteiger partial charge in [0.25, 0.3) is 5.91 Å². The van der Waals surface area contributed by atoms with Crippen molar-refractivity contribution < 1.29 is 9.53 Å². The molecule has 0 spiro atoms. The molecule has 0 aliphatic rings. The van der Waals surface area contributed by atoms with Crippen molar-refractivity contribution in [1.82, 2.24) is 10.3 Å². The summed E-state index contributed by atoms with van der Waals surface area (Å²) in [4.78, 5) is 17.5. The number of methoxy groups -OCH3 is 1. The zero-order valence-corrected chi connectivity index (χ0v) is 17.4. The van der Waals surface area contributed by atoms with E-state index in [0.29, 0.717) is 12.1 Å². The Kier molecular flexibility index (Phi) is 6.20. The van der Waals surface area contributed by atoms with Gasteiger partial charge in [0.2, 0.25) is 0 Å². The topological polar surface area (TPSA) is 51.2 Å². The summed E-state index contributed by atoms with van der Waals surface area (Å²) in [5.74, 6) is 0.649. The van der Waals surface area contributed by atoms with Gasteiger partial charge >= 0.3 is 0 Å². The van der Waals surface area contributed by atoms with Gasteiger partial charge in [-0.05, 0) is 28.8 Å². The van der Waals surface area contributed by atoms with Crippen LogP contribution in [0.2, 0.25) is 0 Å². The lowest BCUT2D eigenvalue weighted by Gasteiger charge is -2.19. The van der Waals surface area contributed by atoms with Crippen molar-refractivity contribution in [3.05, 3.63) is 118 Å². The molecule has 1 amide bonds. The Balaban J connectivity index is 1.50. The number of carbonyl (C=O) groups excluding carboxylic acids is 1. The Bertz CT molecular complexity index is 1050. The maximum absolute atomic E-state index is 13.0. The molecule has 0 saturated carbocycles. The number of carbonyl (C=O) groups is 1. The molecule has 0 aliphatic heterocycles. The monoisotopic (exact) mass is 414 g/mol. The van der Waals surface area contributed by atoms with E-state index in [1.54, 1.807) is 7.11 Å². The highest BCUT2D eigenvalue weighted by Gasteiger charge is 2.19. The lowest BCUT2D eigenvalue weighted by Crippen LogP contribution is -2.29. The first kappa shape index (κ1) is 19.9. The van der Waals surface area contributed by atoms with Crippen molar-refractivity contribution >= 4 is 17.2 Å². The Labute approximate surface area is 180 Å². The highest BCUT2D eigenvalue weighted by Crippen LogP contribution is 2.23. The molecular formula is C25H22N2O2S. The molecule has 4 nitrogen and oxygen atoms in total. The maximum atomic E-state index is 13.0. The molecule has 1 heterocycles. The van der Waals surface area contributed by atoms with Crippen LogP contribution in [0.1, 0.15) is 38.2 Å². The highest BCUT2D eigenvalue weighted by molar-refractivity contribution is 7.09. The third-order valence-electron chi connectivity index (χ3n) is 4.84. The van der Waals surface area contributed by atoms with Gasteiger partial charge in [0, 0.05) is 11.8 Å². The summed E-state index contributed by atoms with van der Waals surface area (Å²) in [5, 5.41) is 5.87. The van der Waals surface area contributed by atoms with E-state index in [-0.39, 0.29) is 11.9 Å². The Morgan fingerprint density at radius 1 is 0.933 bits per heavy atom. The first-order valence-electron chi connectivity index (χ1n) is 9.71. The Hall–Kier alpha value is -3.44. The van der Waals surface area contributed by atoms with Crippen LogP contribution in [-0.4, -0.2) is 18.0 Å². The Morgan fingerprint density at radius 2 is 1.53 bits per heavy atom. The highest BCUT2D eigenvalue weighted by atomic mass is 32.1. The number of benzene rings is 3. The van der Waals surface area contributed by atoms with Gasteiger partial charge in [-0.15, -0.1) is 11.3 Å². The molecule has 0 saturated heterocycles. The van der Waals surface area contributed by atoms with E-state index >= 15 is 0 Å². The number of hydrogen-bond donors (Lipinski definition) is 1. The SMILES string of the molecule is COc1ccc(Cc2nc(C(=O)NC(c3ccccc3)c3ccccc3)cs2)cc1. The second kappa shape index (κ2) is 9.37. The van der Waals surface area contributed by atoms with E-state index in [1.807, 2.05) is 90.3 Å². The van der Waals surface area contributed by atoms with Crippen LogP contribution in [-0.2, 0) is 6.42 Å². The summed E-state index contributed by atoms with van der Waals surface area (Å²) in [6, 6.07) is 27.6. The minimum absolute atomic E-state index is 0.176. The predicted molar refractivity (Wildman–Crippen MR) is 120 cm³/mol. The number of ether oxygens (including phenoxy) is 1. The fourth-order valence-corrected chi connectivity index (χ4v) is 4.08. The smallest absolute Gasteiger partial charge is 0.271 e. The molecule has 4 aromatic rings. The van der Waals surface area contributed by atoms with Crippen molar-refractivity contribution in [3.8, 4) is 5.75 Å². The van der Waals surface area contributed by atoms with Crippen LogP contribution in [0.3, 0.4) is 0 Å². The van der Waals surface area contributed by atoms with Crippen molar-refractivity contribution in [3.63, 3.8) is 0 Å². The zero-order valence-electron chi connectivity index (χ0n) is 16.6. The first-order valence-corrected chi connectivity index (χ1v) is 10.6. The van der Waals surface area contributed by atoms with Crippen molar-refractivity contribution in [2.45, 2.75) is 12.5 Å². The molecule has 1 N–H and O–H groups in total. The minimum atomic E-state index is -0.230. The zero-order chi connectivity index (χ0) is 20.8. The molecule has 0 bridgehead atoms. The standard InChI is InChI=1S/C25H22N2O2S/c1-29-21-14-12-18(13-15-21)16-23-26-22(17-30-23)25(28)27-24(19-8-4-2-5-9-19)20-10-6-3-7-11-20/h2-15,17,24H,16H2,1H3,(H,27,28). The van der Waals surface area contributed by atoms with Crippen LogP contribution < -0.4 is 10.1 Å². The number of nitrogens with one attached hydrogen (secondary N) is 1. The van der Waals surface area contributed by atoms with E-state index in [9.17, 15) is 4.79 Å². The van der Waals surface area contributed by atoms with Crippen LogP contribution in [0.25, 0.3) is 0 Å². The minimum Gasteiger partial charge on any atom is -0.497 e. The lowest BCUT2D eigenvalue weighted by atomic mass is 9.98. The van der Waals surface area contributed by atoms with Gasteiger partial charge in [0.1, 0.15) is 11.4 Å². The number of thiazole rings is 1. The largest absolute Gasteiger partial charge is 0.497 e. The summed E-state index contributed by atoms with van der Waals surface area (Å²) < 4.78 is 5.20. The maximum Gasteiger partial charge on any atom is 0.271 e. The molecule has 30 heavy (non-hydrogen) atoms. The van der Waals surface area contributed by atoms with E-state index in [4.69, 9.17) is 4.74 Å². The number of nitrogens with zero attached hydrogens (tertiary/aromatic N) is 1. The summed E-state index contributed by atoms with van der Waals surface area (Å²) in [6.07, 6.45) is 0.683. The number of rotatable bonds is 7. The molecule has 1 aromatic heterocycles. The first-order chi connectivity index (χ1) is 14.7. The van der Waals surface area contributed by atoms with Gasteiger partial charge in [-0.3, -0.25) is 4.79 Å². The molecule has 3 aromatic carbocycles. The third kappa shape index (κ3) is 4.75. The second-order valence-electron chi connectivity index (χ2n) is 6.88. The molecule has 0 radical (unpaired) electrons. The third-order valence-corrected chi connectivity index (χ3v) is 5.69. The molecule has 150 valence electrons. The second-order valence-corrected chi connectivity index (χ2v) is 7.82. The van der Waals surface area contributed by atoms with Gasteiger partial charge in [0.05, 0.1) is 18.2 Å². The van der Waals surface area contributed by atoms with E-state index in [2.05, 4.69) is 10.3 Å². The van der Waals surface area contributed by atoms with Crippen molar-refractivity contribution in [2.24, 2.45) is 0 Å². The fraction of sp³-hybridized carbons (Fsp3) is 0.120. The van der Waals surface area contributed by atoms with Gasteiger partial charge < -0.3 is 10.1 Å². The van der Waals surface area contributed by atoms with Crippen LogP contribution in [0.4, 0.5) is 0 Å². The van der Waals surface area contributed by atoms with Crippen LogP contribution >= 0.6 is 11.3 Å². The van der Waals surface area contributed by atoms with Crippen molar-refractivity contribution in [1.29, 1.82) is 0 Å². The molecule has 0 aliphatic carbocycles. The Morgan fingerprint density at radius 3 is 2.10 bits per heavy atom. The van der Waals surface area contributed by atoms with E-state index in [0.717, 1.165) is 27.4 Å². The van der Waals surface area contributed by atoms with Crippen LogP contribution in [0.15, 0.2) is 90.3 Å². The molecular weight excluding hydrogens is 392 g/mol. The molecule has 4 rings (SSSR count). The van der Waals surface area contributed by atoms with Crippen LogP contribution in [0.5, 0.6) is 5.75 Å². The normalized spacial score (nSPS) is 10.7. The summed E-state index contributed by atoms with van der Waals surface area (Å²) >= 11 is 1.50. The molecule has 0 fully saturated rings. The van der Waals surface area contributed by atoms with Gasteiger partial charge in [-0.1, -0.05) is 72.8 Å². The van der Waals surface area contributed by atoms with E-state index in [1.165, 1.54) is 11.3 Å². The van der Waals surface area contributed by atoms with E-state index < -0.39 is 0 Å². The number of aromatic nitrogens is 1. The predicted octanol–water partition coefficient (Wildman–Crippen LogP) is 5.26. The molecule has 0 unspecified atom stereocenters. The van der Waals surface area contributed by atoms with Gasteiger partial charge in [-0.2, -0.15) is 0 Å². The van der Waals surface area contributed by atoms with Gasteiger partial charge in [-0.25, -0.2) is 4.98 Å². The van der Waals surface area contributed by atoms with Gasteiger partial charge in [0.15, 0.2) is 0 Å². The van der Waals surface area contributed by atoms with Crippen molar-refractivity contribution in [2.75, 3.05) is 7.11 Å². The number of amides is 1. The summed E-state index contributed by atoms with van der Waals surface area (Å²) in [5.41, 5.74) is 3.64. The molecule has 5 heteroatoms. The summed E-state index contributed by atoms with van der Waals surface area (Å²) in [6.45, 7) is 0. The fourth-order valence-electron chi connectivity index (χ4n) is 3.27. The summed E-state index contributed by atoms with van der Waals surface area (Å²) in [7, 11) is 1.65. The molecule has 0 atom stereocenters. The number of hydrogen-bond acceptors (Lipinski definition) is 4.